The Morgan fingerprint density at radius 2 is 2.06 bits per heavy atom. The van der Waals surface area contributed by atoms with Gasteiger partial charge in [0.05, 0.1) is 17.4 Å². The van der Waals surface area contributed by atoms with Crippen LogP contribution in [0, 0.1) is 0 Å². The van der Waals surface area contributed by atoms with Crippen LogP contribution in [0.2, 0.25) is 5.15 Å². The van der Waals surface area contributed by atoms with Gasteiger partial charge in [0.2, 0.25) is 0 Å². The summed E-state index contributed by atoms with van der Waals surface area (Å²) in [6.07, 6.45) is 1.64. The third-order valence-electron chi connectivity index (χ3n) is 2.96. The van der Waals surface area contributed by atoms with Gasteiger partial charge in [0.15, 0.2) is 0 Å². The van der Waals surface area contributed by atoms with E-state index >= 15 is 0 Å². The van der Waals surface area contributed by atoms with E-state index in [-0.39, 0.29) is 5.56 Å². The number of H-pyrrole nitrogens is 1. The van der Waals surface area contributed by atoms with Crippen LogP contribution in [-0.2, 0) is 7.05 Å². The predicted octanol–water partition coefficient (Wildman–Crippen LogP) is 2.58. The zero-order valence-electron chi connectivity index (χ0n) is 9.64. The molecule has 0 amide bonds. The van der Waals surface area contributed by atoms with Gasteiger partial charge in [-0.2, -0.15) is 0 Å². The Labute approximate surface area is 108 Å². The molecule has 0 atom stereocenters. The Morgan fingerprint density at radius 3 is 2.83 bits per heavy atom. The van der Waals surface area contributed by atoms with Gasteiger partial charge < -0.3 is 9.55 Å². The molecule has 18 heavy (non-hydrogen) atoms. The van der Waals surface area contributed by atoms with Crippen molar-refractivity contribution in [3.8, 4) is 11.1 Å². The number of halogens is 1. The fraction of sp³-hybridized carbons (Fsp3) is 0.0769. The van der Waals surface area contributed by atoms with Crippen LogP contribution in [0.15, 0.2) is 41.5 Å². The molecule has 0 aliphatic rings. The number of aromatic amines is 1. The van der Waals surface area contributed by atoms with E-state index in [0.29, 0.717) is 5.15 Å². The molecule has 1 aromatic carbocycles. The number of hydrogen-bond acceptors (Lipinski definition) is 2. The maximum Gasteiger partial charge on any atom is 0.252 e. The quantitative estimate of drug-likeness (QED) is 0.683. The predicted molar refractivity (Wildman–Crippen MR) is 71.8 cm³/mol. The van der Waals surface area contributed by atoms with Crippen molar-refractivity contribution in [1.29, 1.82) is 0 Å². The summed E-state index contributed by atoms with van der Waals surface area (Å²) < 4.78 is 1.40. The zero-order valence-corrected chi connectivity index (χ0v) is 10.4. The lowest BCUT2D eigenvalue weighted by Crippen LogP contribution is -2.15. The van der Waals surface area contributed by atoms with Crippen LogP contribution >= 0.6 is 11.6 Å². The summed E-state index contributed by atoms with van der Waals surface area (Å²) in [5, 5.41) is 0.419. The van der Waals surface area contributed by atoms with Gasteiger partial charge in [0.25, 0.3) is 5.56 Å². The molecule has 0 radical (unpaired) electrons. The van der Waals surface area contributed by atoms with Gasteiger partial charge in [-0.15, -0.1) is 0 Å². The van der Waals surface area contributed by atoms with E-state index in [9.17, 15) is 4.79 Å². The lowest BCUT2D eigenvalue weighted by atomic mass is 10.1. The molecule has 1 N–H and O–H groups in total. The van der Waals surface area contributed by atoms with Crippen LogP contribution in [0.25, 0.3) is 22.2 Å². The highest BCUT2D eigenvalue weighted by molar-refractivity contribution is 6.29. The van der Waals surface area contributed by atoms with Crippen molar-refractivity contribution < 1.29 is 0 Å². The van der Waals surface area contributed by atoms with E-state index in [1.165, 1.54) is 4.57 Å². The number of fused-ring (bicyclic) bond motifs is 1. The summed E-state index contributed by atoms with van der Waals surface area (Å²) in [6, 6.07) is 9.14. The lowest BCUT2D eigenvalue weighted by Gasteiger charge is -2.05. The number of imidazole rings is 1. The maximum atomic E-state index is 11.7. The van der Waals surface area contributed by atoms with Crippen LogP contribution in [0.4, 0.5) is 0 Å². The van der Waals surface area contributed by atoms with E-state index in [2.05, 4.69) is 9.97 Å². The summed E-state index contributed by atoms with van der Waals surface area (Å²) in [6.45, 7) is 0. The van der Waals surface area contributed by atoms with Crippen molar-refractivity contribution in [2.24, 2.45) is 7.05 Å². The Balaban J connectivity index is 2.22. The number of nitrogens with one attached hydrogen (secondary N) is 1. The van der Waals surface area contributed by atoms with Crippen LogP contribution in [-0.4, -0.2) is 14.5 Å². The molecule has 0 aliphatic heterocycles. The van der Waals surface area contributed by atoms with E-state index in [4.69, 9.17) is 11.6 Å². The molecule has 0 bridgehead atoms. The normalized spacial score (nSPS) is 11.0. The van der Waals surface area contributed by atoms with E-state index in [1.807, 2.05) is 18.2 Å². The minimum Gasteiger partial charge on any atom is -0.345 e. The monoisotopic (exact) mass is 259 g/mol. The SMILES string of the molecule is Cn1c(Cl)cc(-c2ccc3nc[nH]c3c2)cc1=O. The van der Waals surface area contributed by atoms with Crippen LogP contribution < -0.4 is 5.56 Å². The van der Waals surface area contributed by atoms with Crippen molar-refractivity contribution in [3.05, 3.63) is 52.2 Å². The van der Waals surface area contributed by atoms with Gasteiger partial charge >= 0.3 is 0 Å². The number of rotatable bonds is 1. The molecule has 5 heteroatoms. The first kappa shape index (κ1) is 11.0. The topological polar surface area (TPSA) is 50.7 Å². The second-order valence-electron chi connectivity index (χ2n) is 4.10. The molecular weight excluding hydrogens is 250 g/mol. The zero-order chi connectivity index (χ0) is 12.7. The van der Waals surface area contributed by atoms with E-state index in [1.54, 1.807) is 25.5 Å². The number of nitrogens with zero attached hydrogens (tertiary/aromatic N) is 2. The number of aromatic nitrogens is 3. The minimum absolute atomic E-state index is 0.123. The summed E-state index contributed by atoms with van der Waals surface area (Å²) in [4.78, 5) is 18.9. The van der Waals surface area contributed by atoms with Gasteiger partial charge in [-0.3, -0.25) is 4.79 Å². The van der Waals surface area contributed by atoms with Crippen molar-refractivity contribution in [2.45, 2.75) is 0 Å². The summed E-state index contributed by atoms with van der Waals surface area (Å²) >= 11 is 6.01. The first-order valence-corrected chi connectivity index (χ1v) is 5.83. The summed E-state index contributed by atoms with van der Waals surface area (Å²) in [5.41, 5.74) is 3.45. The summed E-state index contributed by atoms with van der Waals surface area (Å²) in [5.74, 6) is 0. The molecular formula is C13H10ClN3O. The summed E-state index contributed by atoms with van der Waals surface area (Å²) in [7, 11) is 1.65. The molecule has 0 unspecified atom stereocenters. The van der Waals surface area contributed by atoms with Crippen molar-refractivity contribution in [2.75, 3.05) is 0 Å². The molecule has 0 saturated carbocycles. The Hall–Kier alpha value is -2.07. The molecule has 2 aromatic heterocycles. The van der Waals surface area contributed by atoms with Gasteiger partial charge in [0.1, 0.15) is 5.15 Å². The fourth-order valence-electron chi connectivity index (χ4n) is 1.88. The molecule has 3 aromatic rings. The highest BCUT2D eigenvalue weighted by atomic mass is 35.5. The highest BCUT2D eigenvalue weighted by Gasteiger charge is 2.05. The Morgan fingerprint density at radius 1 is 1.22 bits per heavy atom. The maximum absolute atomic E-state index is 11.7. The largest absolute Gasteiger partial charge is 0.345 e. The Kier molecular flexibility index (Phi) is 2.45. The third kappa shape index (κ3) is 1.71. The molecule has 0 aliphatic carbocycles. The molecule has 90 valence electrons. The minimum atomic E-state index is -0.123. The van der Waals surface area contributed by atoms with Gasteiger partial charge in [-0.1, -0.05) is 17.7 Å². The standard InChI is InChI=1S/C13H10ClN3O/c1-17-12(14)5-9(6-13(17)18)8-2-3-10-11(4-8)16-7-15-10/h2-7H,1H3,(H,15,16). The Bertz CT molecular complexity index is 788. The fourth-order valence-corrected chi connectivity index (χ4v) is 2.08. The van der Waals surface area contributed by atoms with Crippen LogP contribution in [0.5, 0.6) is 0 Å². The average molecular weight is 260 g/mol. The molecule has 4 nitrogen and oxygen atoms in total. The first-order chi connectivity index (χ1) is 8.65. The molecule has 3 rings (SSSR count). The van der Waals surface area contributed by atoms with Crippen LogP contribution in [0.1, 0.15) is 0 Å². The van der Waals surface area contributed by atoms with Crippen molar-refractivity contribution >= 4 is 22.6 Å². The van der Waals surface area contributed by atoms with Gasteiger partial charge in [0, 0.05) is 13.1 Å². The number of hydrogen-bond donors (Lipinski definition) is 1. The highest BCUT2D eigenvalue weighted by Crippen LogP contribution is 2.23. The third-order valence-corrected chi connectivity index (χ3v) is 3.32. The number of benzene rings is 1. The first-order valence-electron chi connectivity index (χ1n) is 5.45. The second-order valence-corrected chi connectivity index (χ2v) is 4.49. The average Bonchev–Trinajstić information content (AvgIpc) is 2.82. The van der Waals surface area contributed by atoms with E-state index < -0.39 is 0 Å². The smallest absolute Gasteiger partial charge is 0.252 e. The van der Waals surface area contributed by atoms with Crippen molar-refractivity contribution in [1.82, 2.24) is 14.5 Å². The number of pyridine rings is 1. The molecule has 0 spiro atoms. The molecule has 2 heterocycles. The van der Waals surface area contributed by atoms with Crippen molar-refractivity contribution in [3.63, 3.8) is 0 Å². The lowest BCUT2D eigenvalue weighted by molar-refractivity contribution is 0.862. The van der Waals surface area contributed by atoms with Crippen LogP contribution in [0.3, 0.4) is 0 Å². The molecule has 0 fully saturated rings. The van der Waals surface area contributed by atoms with Gasteiger partial charge in [-0.25, -0.2) is 4.98 Å². The molecule has 0 saturated heterocycles. The second kappa shape index (κ2) is 3.99. The van der Waals surface area contributed by atoms with Gasteiger partial charge in [-0.05, 0) is 29.3 Å². The van der Waals surface area contributed by atoms with E-state index in [0.717, 1.165) is 22.2 Å².